The van der Waals surface area contributed by atoms with Crippen LogP contribution in [-0.2, 0) is 27.6 Å². The van der Waals surface area contributed by atoms with Crippen LogP contribution in [0.25, 0.3) is 16.9 Å². The highest BCUT2D eigenvalue weighted by molar-refractivity contribution is 7.89. The number of fused-ring (bicyclic) bond motifs is 1. The Morgan fingerprint density at radius 3 is 2.52 bits per heavy atom. The lowest BCUT2D eigenvalue weighted by Crippen LogP contribution is -2.36. The van der Waals surface area contributed by atoms with E-state index in [1.54, 1.807) is 17.5 Å². The second-order valence-electron chi connectivity index (χ2n) is 11.0. The number of aromatic nitrogens is 4. The molecule has 0 saturated carbocycles. The Kier molecular flexibility index (Phi) is 10.3. The molecule has 4 aromatic rings. The second kappa shape index (κ2) is 14.4. The van der Waals surface area contributed by atoms with Gasteiger partial charge < -0.3 is 19.4 Å². The Labute approximate surface area is 258 Å². The third-order valence-electron chi connectivity index (χ3n) is 7.83. The molecular formula is C32H42N6O5S. The zero-order chi connectivity index (χ0) is 31.1. The first-order valence-corrected chi connectivity index (χ1v) is 17.0. The van der Waals surface area contributed by atoms with Crippen LogP contribution in [0.3, 0.4) is 0 Å². The standard InChI is InChI=1S/C32H42N6O5S/c1-4-6-7-8-9-29-34-23(3)30-32(39)35-31(36-38(29)30)27-22-26(14-15-28(27)43-5-2)44(40,41)33-17-16-24-10-12-25(13-11-24)37-18-20-42-21-19-37/h10-15,22,33H,4-9,16-21H2,1-3H3,(H,35,36,39). The molecule has 11 nitrogen and oxygen atoms in total. The Balaban J connectivity index is 1.36. The van der Waals surface area contributed by atoms with Gasteiger partial charge in [0, 0.05) is 31.7 Å². The Hall–Kier alpha value is -3.74. The molecule has 3 heterocycles. The number of rotatable bonds is 14. The van der Waals surface area contributed by atoms with Crippen LogP contribution in [0.5, 0.6) is 5.75 Å². The fourth-order valence-corrected chi connectivity index (χ4v) is 6.54. The van der Waals surface area contributed by atoms with Crippen molar-refractivity contribution in [2.24, 2.45) is 0 Å². The van der Waals surface area contributed by atoms with Crippen LogP contribution >= 0.6 is 0 Å². The number of hydrogen-bond acceptors (Lipinski definition) is 8. The molecule has 0 unspecified atom stereocenters. The third-order valence-corrected chi connectivity index (χ3v) is 9.29. The first-order chi connectivity index (χ1) is 21.3. The van der Waals surface area contributed by atoms with E-state index in [-0.39, 0.29) is 22.8 Å². The Morgan fingerprint density at radius 1 is 1.02 bits per heavy atom. The van der Waals surface area contributed by atoms with Crippen molar-refractivity contribution < 1.29 is 17.9 Å². The summed E-state index contributed by atoms with van der Waals surface area (Å²) in [5.41, 5.74) is 3.22. The van der Waals surface area contributed by atoms with E-state index in [1.165, 1.54) is 12.1 Å². The van der Waals surface area contributed by atoms with Gasteiger partial charge in [0.15, 0.2) is 11.3 Å². The number of aromatic amines is 1. The van der Waals surface area contributed by atoms with E-state index in [2.05, 4.69) is 38.6 Å². The zero-order valence-electron chi connectivity index (χ0n) is 25.8. The average molecular weight is 623 g/mol. The molecule has 0 atom stereocenters. The van der Waals surface area contributed by atoms with Crippen LogP contribution in [0.15, 0.2) is 52.2 Å². The van der Waals surface area contributed by atoms with E-state index >= 15 is 0 Å². The second-order valence-corrected chi connectivity index (χ2v) is 12.8. The quantitative estimate of drug-likeness (QED) is 0.200. The minimum atomic E-state index is -3.86. The van der Waals surface area contributed by atoms with Gasteiger partial charge in [-0.2, -0.15) is 0 Å². The lowest BCUT2D eigenvalue weighted by atomic mass is 10.1. The first-order valence-electron chi connectivity index (χ1n) is 15.5. The van der Waals surface area contributed by atoms with Crippen molar-refractivity contribution in [2.45, 2.75) is 64.2 Å². The molecule has 1 fully saturated rings. The summed E-state index contributed by atoms with van der Waals surface area (Å²) in [5.74, 6) is 1.36. The Bertz CT molecular complexity index is 1730. The van der Waals surface area contributed by atoms with Gasteiger partial charge in [-0.15, -0.1) is 5.10 Å². The molecule has 1 aliphatic heterocycles. The number of ether oxygens (including phenoxy) is 2. The molecule has 1 saturated heterocycles. The molecule has 0 bridgehead atoms. The molecule has 0 radical (unpaired) electrons. The number of aryl methyl sites for hydroxylation is 2. The van der Waals surface area contributed by atoms with E-state index in [0.29, 0.717) is 47.8 Å². The Morgan fingerprint density at radius 2 is 1.80 bits per heavy atom. The van der Waals surface area contributed by atoms with Gasteiger partial charge >= 0.3 is 0 Å². The largest absolute Gasteiger partial charge is 0.493 e. The number of sulfonamides is 1. The van der Waals surface area contributed by atoms with Crippen molar-refractivity contribution >= 4 is 21.2 Å². The van der Waals surface area contributed by atoms with Crippen molar-refractivity contribution in [1.29, 1.82) is 0 Å². The van der Waals surface area contributed by atoms with Gasteiger partial charge in [-0.3, -0.25) is 4.79 Å². The number of morpholine rings is 1. The third kappa shape index (κ3) is 7.31. The SMILES string of the molecule is CCCCCCc1nc(C)c2c(=O)[nH]c(-c3cc(S(=O)(=O)NCCc4ccc(N5CCOCC5)cc4)ccc3OCC)nn12. The van der Waals surface area contributed by atoms with Gasteiger partial charge in [0.2, 0.25) is 10.0 Å². The van der Waals surface area contributed by atoms with Gasteiger partial charge in [0.05, 0.1) is 36.0 Å². The van der Waals surface area contributed by atoms with E-state index < -0.39 is 10.0 Å². The highest BCUT2D eigenvalue weighted by Crippen LogP contribution is 2.30. The molecule has 44 heavy (non-hydrogen) atoms. The molecule has 0 amide bonds. The van der Waals surface area contributed by atoms with E-state index in [0.717, 1.165) is 63.2 Å². The molecule has 0 spiro atoms. The molecule has 236 valence electrons. The summed E-state index contributed by atoms with van der Waals surface area (Å²) in [5, 5.41) is 4.73. The zero-order valence-corrected chi connectivity index (χ0v) is 26.6. The van der Waals surface area contributed by atoms with Crippen LogP contribution in [0, 0.1) is 6.92 Å². The maximum atomic E-state index is 13.4. The van der Waals surface area contributed by atoms with Crippen LogP contribution in [0.1, 0.15) is 56.6 Å². The maximum absolute atomic E-state index is 13.4. The number of nitrogens with one attached hydrogen (secondary N) is 2. The molecule has 1 aliphatic rings. The monoisotopic (exact) mass is 622 g/mol. The summed E-state index contributed by atoms with van der Waals surface area (Å²) < 4.78 is 42.3. The fourth-order valence-electron chi connectivity index (χ4n) is 5.48. The summed E-state index contributed by atoms with van der Waals surface area (Å²) in [6.45, 7) is 9.57. The molecule has 12 heteroatoms. The van der Waals surface area contributed by atoms with Crippen molar-refractivity contribution in [2.75, 3.05) is 44.4 Å². The number of unbranched alkanes of at least 4 members (excludes halogenated alkanes) is 3. The lowest BCUT2D eigenvalue weighted by Gasteiger charge is -2.28. The van der Waals surface area contributed by atoms with E-state index in [1.807, 2.05) is 19.1 Å². The molecule has 2 aromatic heterocycles. The predicted molar refractivity (Wildman–Crippen MR) is 171 cm³/mol. The van der Waals surface area contributed by atoms with Gasteiger partial charge in [0.1, 0.15) is 11.6 Å². The molecular weight excluding hydrogens is 580 g/mol. The van der Waals surface area contributed by atoms with Crippen molar-refractivity contribution in [3.63, 3.8) is 0 Å². The van der Waals surface area contributed by atoms with E-state index in [9.17, 15) is 13.2 Å². The number of benzene rings is 2. The summed E-state index contributed by atoms with van der Waals surface area (Å²) in [4.78, 5) is 23.0. The topological polar surface area (TPSA) is 131 Å². The van der Waals surface area contributed by atoms with Crippen molar-refractivity contribution in [1.82, 2.24) is 24.3 Å². The summed E-state index contributed by atoms with van der Waals surface area (Å²) >= 11 is 0. The maximum Gasteiger partial charge on any atom is 0.277 e. The number of anilines is 1. The molecule has 2 aromatic carbocycles. The number of nitrogens with zero attached hydrogens (tertiary/aromatic N) is 4. The fraction of sp³-hybridized carbons (Fsp3) is 0.469. The van der Waals surface area contributed by atoms with Gasteiger partial charge in [-0.1, -0.05) is 38.3 Å². The highest BCUT2D eigenvalue weighted by atomic mass is 32.2. The summed E-state index contributed by atoms with van der Waals surface area (Å²) in [7, 11) is -3.86. The molecule has 5 rings (SSSR count). The average Bonchev–Trinajstić information content (AvgIpc) is 3.35. The first kappa shape index (κ1) is 31.7. The number of imidazole rings is 1. The summed E-state index contributed by atoms with van der Waals surface area (Å²) in [6, 6.07) is 12.8. The van der Waals surface area contributed by atoms with Crippen LogP contribution in [-0.4, -0.2) is 67.5 Å². The molecule has 0 aliphatic carbocycles. The minimum Gasteiger partial charge on any atom is -0.493 e. The minimum absolute atomic E-state index is 0.0583. The van der Waals surface area contributed by atoms with Crippen LogP contribution < -0.4 is 19.9 Å². The lowest BCUT2D eigenvalue weighted by molar-refractivity contribution is 0.122. The van der Waals surface area contributed by atoms with Crippen molar-refractivity contribution in [3.05, 3.63) is 69.9 Å². The van der Waals surface area contributed by atoms with Crippen LogP contribution in [0.2, 0.25) is 0 Å². The van der Waals surface area contributed by atoms with Gasteiger partial charge in [-0.25, -0.2) is 22.6 Å². The number of hydrogen-bond donors (Lipinski definition) is 2. The number of H-pyrrole nitrogens is 1. The normalized spacial score (nSPS) is 13.9. The molecule has 2 N–H and O–H groups in total. The van der Waals surface area contributed by atoms with Gasteiger partial charge in [-0.05, 0) is 62.6 Å². The predicted octanol–water partition coefficient (Wildman–Crippen LogP) is 4.27. The van der Waals surface area contributed by atoms with Gasteiger partial charge in [0.25, 0.3) is 5.56 Å². The summed E-state index contributed by atoms with van der Waals surface area (Å²) in [6.07, 6.45) is 5.51. The smallest absolute Gasteiger partial charge is 0.277 e. The van der Waals surface area contributed by atoms with Crippen LogP contribution in [0.4, 0.5) is 5.69 Å². The van der Waals surface area contributed by atoms with E-state index in [4.69, 9.17) is 14.6 Å². The van der Waals surface area contributed by atoms with Crippen molar-refractivity contribution in [3.8, 4) is 17.1 Å². The highest BCUT2D eigenvalue weighted by Gasteiger charge is 2.21.